The normalized spacial score (nSPS) is 10.6. The highest BCUT2D eigenvalue weighted by molar-refractivity contribution is 6.32. The predicted octanol–water partition coefficient (Wildman–Crippen LogP) is 4.96. The van der Waals surface area contributed by atoms with Crippen molar-refractivity contribution in [2.75, 3.05) is 19.5 Å². The van der Waals surface area contributed by atoms with Crippen LogP contribution in [0.4, 0.5) is 5.82 Å². The van der Waals surface area contributed by atoms with Crippen LogP contribution in [0.2, 0.25) is 5.15 Å². The Labute approximate surface area is 201 Å². The molecule has 0 bridgehead atoms. The molecule has 172 valence electrons. The average Bonchev–Trinajstić information content (AvgIpc) is 2.89. The first-order chi connectivity index (χ1) is 16.5. The van der Waals surface area contributed by atoms with Crippen molar-refractivity contribution in [3.63, 3.8) is 0 Å². The number of methoxy groups -OCH3 is 2. The van der Waals surface area contributed by atoms with Gasteiger partial charge in [-0.25, -0.2) is 9.78 Å². The number of carbonyl (C=O) groups excluding carboxylic acids is 1. The zero-order valence-corrected chi connectivity index (χ0v) is 19.4. The van der Waals surface area contributed by atoms with Gasteiger partial charge in [0, 0.05) is 17.8 Å². The molecule has 0 aliphatic rings. The molecule has 8 heteroatoms. The van der Waals surface area contributed by atoms with Crippen molar-refractivity contribution < 1.29 is 14.3 Å². The van der Waals surface area contributed by atoms with Gasteiger partial charge in [0.25, 0.3) is 5.56 Å². The molecule has 0 saturated carbocycles. The Hall–Kier alpha value is -4.10. The molecule has 0 amide bonds. The van der Waals surface area contributed by atoms with Gasteiger partial charge in [-0.2, -0.15) is 0 Å². The molecule has 3 aromatic carbocycles. The van der Waals surface area contributed by atoms with Crippen LogP contribution in [0.1, 0.15) is 15.9 Å². The summed E-state index contributed by atoms with van der Waals surface area (Å²) < 4.78 is 11.5. The maximum absolute atomic E-state index is 13.6. The number of hydrogen-bond acceptors (Lipinski definition) is 6. The predicted molar refractivity (Wildman–Crippen MR) is 132 cm³/mol. The van der Waals surface area contributed by atoms with Gasteiger partial charge in [-0.1, -0.05) is 54.1 Å². The second-order valence-corrected chi connectivity index (χ2v) is 7.71. The largest absolute Gasteiger partial charge is 0.497 e. The topological polar surface area (TPSA) is 82.5 Å². The molecule has 0 atom stereocenters. The van der Waals surface area contributed by atoms with Gasteiger partial charge in [-0.3, -0.25) is 9.36 Å². The molecule has 34 heavy (non-hydrogen) atoms. The molecule has 0 aliphatic carbocycles. The van der Waals surface area contributed by atoms with Crippen LogP contribution in [0.15, 0.2) is 83.7 Å². The lowest BCUT2D eigenvalue weighted by molar-refractivity contribution is 0.0600. The van der Waals surface area contributed by atoms with Crippen molar-refractivity contribution in [3.8, 4) is 22.7 Å². The van der Waals surface area contributed by atoms with Crippen LogP contribution < -0.4 is 15.6 Å². The van der Waals surface area contributed by atoms with Crippen molar-refractivity contribution in [2.24, 2.45) is 0 Å². The summed E-state index contributed by atoms with van der Waals surface area (Å²) in [6, 6.07) is 23.3. The number of nitrogens with one attached hydrogen (secondary N) is 1. The molecule has 0 aliphatic heterocycles. The van der Waals surface area contributed by atoms with E-state index in [0.29, 0.717) is 29.1 Å². The van der Waals surface area contributed by atoms with Crippen molar-refractivity contribution >= 4 is 23.4 Å². The molecule has 4 aromatic rings. The summed E-state index contributed by atoms with van der Waals surface area (Å²) in [7, 11) is 2.92. The van der Waals surface area contributed by atoms with E-state index in [1.165, 1.54) is 11.7 Å². The third-order valence-corrected chi connectivity index (χ3v) is 5.49. The van der Waals surface area contributed by atoms with Crippen LogP contribution in [0.25, 0.3) is 16.9 Å². The quantitative estimate of drug-likeness (QED) is 0.380. The summed E-state index contributed by atoms with van der Waals surface area (Å²) in [5.74, 6) is 0.387. The molecule has 0 unspecified atom stereocenters. The molecule has 1 N–H and O–H groups in total. The van der Waals surface area contributed by atoms with Gasteiger partial charge in [0.15, 0.2) is 11.0 Å². The van der Waals surface area contributed by atoms with Gasteiger partial charge in [0.1, 0.15) is 5.75 Å². The molecule has 0 radical (unpaired) electrons. The summed E-state index contributed by atoms with van der Waals surface area (Å²) in [5.41, 5.74) is 2.64. The molecule has 0 fully saturated rings. The molecule has 1 aromatic heterocycles. The van der Waals surface area contributed by atoms with Crippen LogP contribution in [0.5, 0.6) is 5.75 Å². The van der Waals surface area contributed by atoms with Crippen molar-refractivity contribution in [1.29, 1.82) is 0 Å². The zero-order valence-electron chi connectivity index (χ0n) is 18.6. The molecule has 1 heterocycles. The molecular formula is C26H22ClN3O4. The summed E-state index contributed by atoms with van der Waals surface area (Å²) in [6.07, 6.45) is 0. The molecule has 0 spiro atoms. The van der Waals surface area contributed by atoms with Gasteiger partial charge in [0.05, 0.1) is 25.5 Å². The maximum atomic E-state index is 13.6. The number of halogens is 1. The highest BCUT2D eigenvalue weighted by atomic mass is 35.5. The van der Waals surface area contributed by atoms with Crippen molar-refractivity contribution in [1.82, 2.24) is 9.55 Å². The summed E-state index contributed by atoms with van der Waals surface area (Å²) in [6.45, 7) is 0.359. The van der Waals surface area contributed by atoms with E-state index in [4.69, 9.17) is 21.1 Å². The minimum atomic E-state index is -0.451. The van der Waals surface area contributed by atoms with E-state index in [-0.39, 0.29) is 16.5 Å². The number of ether oxygens (including phenoxy) is 2. The third kappa shape index (κ3) is 4.79. The first-order valence-corrected chi connectivity index (χ1v) is 10.8. The zero-order chi connectivity index (χ0) is 24.1. The van der Waals surface area contributed by atoms with Gasteiger partial charge in [-0.15, -0.1) is 0 Å². The number of benzene rings is 3. The molecule has 7 nitrogen and oxygen atoms in total. The van der Waals surface area contributed by atoms with Crippen molar-refractivity contribution in [3.05, 3.63) is 105 Å². The smallest absolute Gasteiger partial charge is 0.337 e. The lowest BCUT2D eigenvalue weighted by atomic mass is 10.1. The second-order valence-electron chi connectivity index (χ2n) is 7.35. The lowest BCUT2D eigenvalue weighted by Gasteiger charge is -2.17. The first kappa shape index (κ1) is 23.1. The van der Waals surface area contributed by atoms with Crippen LogP contribution in [0.3, 0.4) is 0 Å². The van der Waals surface area contributed by atoms with E-state index in [0.717, 1.165) is 11.3 Å². The SMILES string of the molecule is COC(=O)c1ccc(-c2c(Cl)nc(NCc3cccc(OC)c3)c(=O)n2-c2ccccc2)cc1. The highest BCUT2D eigenvalue weighted by Crippen LogP contribution is 2.29. The molecular weight excluding hydrogens is 454 g/mol. The Morgan fingerprint density at radius 2 is 1.74 bits per heavy atom. The average molecular weight is 476 g/mol. The van der Waals surface area contributed by atoms with Crippen LogP contribution in [0, 0.1) is 0 Å². The Morgan fingerprint density at radius 1 is 1.00 bits per heavy atom. The Bertz CT molecular complexity index is 1370. The minimum absolute atomic E-state index is 0.117. The standard InChI is InChI=1S/C26H22ClN3O4/c1-33-21-10-6-7-17(15-21)16-28-24-25(31)30(20-8-4-3-5-9-20)22(23(27)29-24)18-11-13-19(14-12-18)26(32)34-2/h3-15H,16H2,1-2H3,(H,28,29). The van der Waals surface area contributed by atoms with Crippen molar-refractivity contribution in [2.45, 2.75) is 6.54 Å². The van der Waals surface area contributed by atoms with Crippen LogP contribution >= 0.6 is 11.6 Å². The number of rotatable bonds is 7. The Balaban J connectivity index is 1.79. The number of carbonyl (C=O) groups is 1. The van der Waals surface area contributed by atoms with Crippen LogP contribution in [-0.4, -0.2) is 29.7 Å². The number of hydrogen-bond donors (Lipinski definition) is 1. The minimum Gasteiger partial charge on any atom is -0.497 e. The van der Waals surface area contributed by atoms with E-state index >= 15 is 0 Å². The van der Waals surface area contributed by atoms with Gasteiger partial charge >= 0.3 is 5.97 Å². The number of aromatic nitrogens is 2. The Kier molecular flexibility index (Phi) is 6.94. The number of nitrogens with zero attached hydrogens (tertiary/aromatic N) is 2. The lowest BCUT2D eigenvalue weighted by Crippen LogP contribution is -2.25. The van der Waals surface area contributed by atoms with Gasteiger partial charge in [0.2, 0.25) is 0 Å². The number of para-hydroxylation sites is 1. The Morgan fingerprint density at radius 3 is 2.41 bits per heavy atom. The highest BCUT2D eigenvalue weighted by Gasteiger charge is 2.19. The summed E-state index contributed by atoms with van der Waals surface area (Å²) in [5, 5.41) is 3.24. The van der Waals surface area contributed by atoms with E-state index in [2.05, 4.69) is 10.3 Å². The first-order valence-electron chi connectivity index (χ1n) is 10.5. The third-order valence-electron chi connectivity index (χ3n) is 5.22. The number of esters is 1. The monoisotopic (exact) mass is 475 g/mol. The van der Waals surface area contributed by atoms with E-state index in [1.54, 1.807) is 31.4 Å². The molecule has 4 rings (SSSR count). The van der Waals surface area contributed by atoms with Crippen LogP contribution in [-0.2, 0) is 11.3 Å². The maximum Gasteiger partial charge on any atom is 0.337 e. The fourth-order valence-corrected chi connectivity index (χ4v) is 3.81. The fraction of sp³-hybridized carbons (Fsp3) is 0.115. The van der Waals surface area contributed by atoms with Gasteiger partial charge in [-0.05, 0) is 42.0 Å². The second kappa shape index (κ2) is 10.2. The summed E-state index contributed by atoms with van der Waals surface area (Å²) in [4.78, 5) is 29.7. The summed E-state index contributed by atoms with van der Waals surface area (Å²) >= 11 is 6.63. The van der Waals surface area contributed by atoms with E-state index in [9.17, 15) is 9.59 Å². The van der Waals surface area contributed by atoms with Gasteiger partial charge < -0.3 is 14.8 Å². The molecule has 0 saturated heterocycles. The fourth-order valence-electron chi connectivity index (χ4n) is 3.54. The van der Waals surface area contributed by atoms with E-state index in [1.807, 2.05) is 54.6 Å². The van der Waals surface area contributed by atoms with E-state index < -0.39 is 5.97 Å². The number of anilines is 1.